The van der Waals surface area contributed by atoms with E-state index in [9.17, 15) is 9.90 Å². The lowest BCUT2D eigenvalue weighted by Gasteiger charge is -2.19. The van der Waals surface area contributed by atoms with Crippen LogP contribution in [0, 0.1) is 20.8 Å². The molecule has 0 saturated heterocycles. The number of benzene rings is 2. The van der Waals surface area contributed by atoms with Gasteiger partial charge in [0.15, 0.2) is 6.10 Å². The number of carboxylic acid groups (broad SMARTS) is 1. The molecule has 2 aromatic rings. The molecule has 4 heteroatoms. The molecular formula is C18H19ClO3. The van der Waals surface area contributed by atoms with Gasteiger partial charge in [0.25, 0.3) is 0 Å². The van der Waals surface area contributed by atoms with E-state index in [2.05, 4.69) is 0 Å². The van der Waals surface area contributed by atoms with Crippen molar-refractivity contribution < 1.29 is 14.6 Å². The zero-order valence-electron chi connectivity index (χ0n) is 12.9. The molecule has 0 aliphatic rings. The molecule has 0 spiro atoms. The van der Waals surface area contributed by atoms with Crippen LogP contribution in [-0.2, 0) is 11.2 Å². The summed E-state index contributed by atoms with van der Waals surface area (Å²) in [6.45, 7) is 5.88. The quantitative estimate of drug-likeness (QED) is 0.892. The van der Waals surface area contributed by atoms with Gasteiger partial charge < -0.3 is 9.84 Å². The molecule has 1 atom stereocenters. The normalized spacial score (nSPS) is 12.0. The maximum Gasteiger partial charge on any atom is 0.345 e. The topological polar surface area (TPSA) is 46.5 Å². The highest BCUT2D eigenvalue weighted by molar-refractivity contribution is 6.31. The molecule has 3 nitrogen and oxygen atoms in total. The highest BCUT2D eigenvalue weighted by Crippen LogP contribution is 2.26. The third-order valence-electron chi connectivity index (χ3n) is 3.67. The number of aliphatic carboxylic acids is 1. The summed E-state index contributed by atoms with van der Waals surface area (Å²) in [4.78, 5) is 11.5. The fraction of sp³-hybridized carbons (Fsp3) is 0.278. The average molecular weight is 319 g/mol. The van der Waals surface area contributed by atoms with E-state index in [0.717, 1.165) is 22.3 Å². The van der Waals surface area contributed by atoms with Crippen LogP contribution in [-0.4, -0.2) is 17.2 Å². The summed E-state index contributed by atoms with van der Waals surface area (Å²) in [7, 11) is 0. The van der Waals surface area contributed by atoms with Crippen LogP contribution >= 0.6 is 11.6 Å². The number of carbonyl (C=O) groups is 1. The van der Waals surface area contributed by atoms with E-state index in [0.29, 0.717) is 10.8 Å². The first-order valence-corrected chi connectivity index (χ1v) is 7.47. The number of carboxylic acids is 1. The van der Waals surface area contributed by atoms with E-state index in [1.165, 1.54) is 0 Å². The number of halogens is 1. The van der Waals surface area contributed by atoms with Crippen molar-refractivity contribution in [3.05, 3.63) is 63.7 Å². The monoisotopic (exact) mass is 318 g/mol. The molecule has 2 aromatic carbocycles. The Labute approximate surface area is 135 Å². The van der Waals surface area contributed by atoms with Gasteiger partial charge in [-0.1, -0.05) is 35.9 Å². The zero-order chi connectivity index (χ0) is 16.3. The van der Waals surface area contributed by atoms with Crippen LogP contribution < -0.4 is 4.74 Å². The Kier molecular flexibility index (Phi) is 5.09. The SMILES string of the molecule is Cc1cc(C)c(C)c(O[C@@H](Cc2ccccc2Cl)C(=O)O)c1. The Morgan fingerprint density at radius 2 is 1.91 bits per heavy atom. The Bertz CT molecular complexity index is 695. The van der Waals surface area contributed by atoms with Crippen LogP contribution in [0.5, 0.6) is 5.75 Å². The molecule has 0 aliphatic heterocycles. The van der Waals surface area contributed by atoms with Gasteiger partial charge >= 0.3 is 5.97 Å². The minimum Gasteiger partial charge on any atom is -0.478 e. The van der Waals surface area contributed by atoms with Gasteiger partial charge in [-0.25, -0.2) is 4.79 Å². The number of hydrogen-bond donors (Lipinski definition) is 1. The van der Waals surface area contributed by atoms with Crippen LogP contribution in [0.15, 0.2) is 36.4 Å². The third kappa shape index (κ3) is 3.80. The molecule has 0 saturated carbocycles. The maximum atomic E-state index is 11.5. The van der Waals surface area contributed by atoms with Gasteiger partial charge in [0.2, 0.25) is 0 Å². The van der Waals surface area contributed by atoms with Crippen molar-refractivity contribution in [1.29, 1.82) is 0 Å². The summed E-state index contributed by atoms with van der Waals surface area (Å²) >= 11 is 6.11. The summed E-state index contributed by atoms with van der Waals surface area (Å²) in [5.74, 6) is -0.393. The first-order chi connectivity index (χ1) is 10.4. The van der Waals surface area contributed by atoms with Crippen molar-refractivity contribution in [3.63, 3.8) is 0 Å². The first kappa shape index (κ1) is 16.4. The molecule has 0 unspecified atom stereocenters. The molecule has 116 valence electrons. The molecule has 0 fully saturated rings. The van der Waals surface area contributed by atoms with E-state index < -0.39 is 12.1 Å². The molecule has 0 amide bonds. The zero-order valence-corrected chi connectivity index (χ0v) is 13.6. The van der Waals surface area contributed by atoms with Gasteiger partial charge in [-0.2, -0.15) is 0 Å². The lowest BCUT2D eigenvalue weighted by Crippen LogP contribution is -2.29. The van der Waals surface area contributed by atoms with Crippen LogP contribution in [0.4, 0.5) is 0 Å². The Hall–Kier alpha value is -2.00. The van der Waals surface area contributed by atoms with Crippen LogP contribution in [0.25, 0.3) is 0 Å². The minimum atomic E-state index is -1.00. The van der Waals surface area contributed by atoms with Crippen LogP contribution in [0.2, 0.25) is 5.02 Å². The van der Waals surface area contributed by atoms with Gasteiger partial charge in [0.05, 0.1) is 0 Å². The van der Waals surface area contributed by atoms with Crippen molar-refractivity contribution in [2.75, 3.05) is 0 Å². The van der Waals surface area contributed by atoms with Gasteiger partial charge in [-0.15, -0.1) is 0 Å². The van der Waals surface area contributed by atoms with E-state index in [1.807, 2.05) is 51.1 Å². The van der Waals surface area contributed by atoms with Crippen molar-refractivity contribution >= 4 is 17.6 Å². The first-order valence-electron chi connectivity index (χ1n) is 7.09. The largest absolute Gasteiger partial charge is 0.478 e. The lowest BCUT2D eigenvalue weighted by molar-refractivity contribution is -0.145. The standard InChI is InChI=1S/C18H19ClO3/c1-11-8-12(2)13(3)16(9-11)22-17(18(20)21)10-14-6-4-5-7-15(14)19/h4-9,17H,10H2,1-3H3,(H,20,21)/t17-/m0/s1. The second-order valence-corrected chi connectivity index (χ2v) is 5.85. The smallest absolute Gasteiger partial charge is 0.345 e. The molecular weight excluding hydrogens is 300 g/mol. The fourth-order valence-electron chi connectivity index (χ4n) is 2.32. The predicted molar refractivity (Wildman–Crippen MR) is 87.9 cm³/mol. The van der Waals surface area contributed by atoms with E-state index in [1.54, 1.807) is 6.07 Å². The second-order valence-electron chi connectivity index (χ2n) is 5.45. The number of rotatable bonds is 5. The third-order valence-corrected chi connectivity index (χ3v) is 4.04. The lowest BCUT2D eigenvalue weighted by atomic mass is 10.0. The van der Waals surface area contributed by atoms with Crippen molar-refractivity contribution in [1.82, 2.24) is 0 Å². The van der Waals surface area contributed by atoms with Crippen LogP contribution in [0.3, 0.4) is 0 Å². The molecule has 0 bridgehead atoms. The van der Waals surface area contributed by atoms with E-state index >= 15 is 0 Å². The summed E-state index contributed by atoms with van der Waals surface area (Å²) in [6, 6.07) is 11.1. The van der Waals surface area contributed by atoms with Crippen molar-refractivity contribution in [2.24, 2.45) is 0 Å². The summed E-state index contributed by atoms with van der Waals surface area (Å²) < 4.78 is 5.77. The highest BCUT2D eigenvalue weighted by atomic mass is 35.5. The Balaban J connectivity index is 2.27. The van der Waals surface area contributed by atoms with E-state index in [4.69, 9.17) is 16.3 Å². The van der Waals surface area contributed by atoms with Gasteiger partial charge in [0, 0.05) is 11.4 Å². The Morgan fingerprint density at radius 3 is 2.55 bits per heavy atom. The molecule has 1 N–H and O–H groups in total. The van der Waals surface area contributed by atoms with Crippen molar-refractivity contribution in [3.8, 4) is 5.75 Å². The second kappa shape index (κ2) is 6.84. The number of hydrogen-bond acceptors (Lipinski definition) is 2. The van der Waals surface area contributed by atoms with Crippen LogP contribution in [0.1, 0.15) is 22.3 Å². The summed E-state index contributed by atoms with van der Waals surface area (Å²) in [5.41, 5.74) is 3.84. The fourth-order valence-corrected chi connectivity index (χ4v) is 2.53. The molecule has 0 heterocycles. The highest BCUT2D eigenvalue weighted by Gasteiger charge is 2.22. The predicted octanol–water partition coefficient (Wildman–Crippen LogP) is 4.34. The number of aryl methyl sites for hydroxylation is 2. The molecule has 22 heavy (non-hydrogen) atoms. The summed E-state index contributed by atoms with van der Waals surface area (Å²) in [6.07, 6.45) is -0.749. The molecule has 2 rings (SSSR count). The maximum absolute atomic E-state index is 11.5. The Morgan fingerprint density at radius 1 is 1.23 bits per heavy atom. The van der Waals surface area contributed by atoms with E-state index in [-0.39, 0.29) is 6.42 Å². The molecule has 0 aliphatic carbocycles. The summed E-state index contributed by atoms with van der Waals surface area (Å²) in [5, 5.41) is 10.00. The van der Waals surface area contributed by atoms with Gasteiger partial charge in [0.1, 0.15) is 5.75 Å². The molecule has 0 aromatic heterocycles. The van der Waals surface area contributed by atoms with Gasteiger partial charge in [-0.05, 0) is 55.2 Å². The minimum absolute atomic E-state index is 0.224. The molecule has 0 radical (unpaired) electrons. The van der Waals surface area contributed by atoms with Crippen molar-refractivity contribution in [2.45, 2.75) is 33.3 Å². The van der Waals surface area contributed by atoms with Gasteiger partial charge in [-0.3, -0.25) is 0 Å². The number of ether oxygens (including phenoxy) is 1. The average Bonchev–Trinajstić information content (AvgIpc) is 2.45.